The van der Waals surface area contributed by atoms with Crippen LogP contribution < -0.4 is 32.2 Å². The largest absolute Gasteiger partial charge is 0.496 e. The zero-order chi connectivity index (χ0) is 44.1. The van der Waals surface area contributed by atoms with Crippen molar-refractivity contribution in [2.75, 3.05) is 96.2 Å². The Morgan fingerprint density at radius 3 is 2.36 bits per heavy atom. The van der Waals surface area contributed by atoms with E-state index >= 15 is 0 Å². The van der Waals surface area contributed by atoms with Crippen molar-refractivity contribution >= 4 is 64.2 Å². The van der Waals surface area contributed by atoms with E-state index in [1.165, 1.54) is 0 Å². The Morgan fingerprint density at radius 1 is 0.902 bits per heavy atom. The van der Waals surface area contributed by atoms with E-state index in [-0.39, 0.29) is 63.5 Å². The van der Waals surface area contributed by atoms with E-state index in [0.717, 1.165) is 90.9 Å². The third kappa shape index (κ3) is 16.3. The van der Waals surface area contributed by atoms with Gasteiger partial charge in [-0.3, -0.25) is 28.9 Å². The van der Waals surface area contributed by atoms with Crippen molar-refractivity contribution in [3.05, 3.63) is 41.6 Å². The lowest BCUT2D eigenvalue weighted by Gasteiger charge is -2.35. The van der Waals surface area contributed by atoms with Gasteiger partial charge in [0, 0.05) is 69.7 Å². The van der Waals surface area contributed by atoms with Crippen LogP contribution in [0.1, 0.15) is 50.2 Å². The Balaban J connectivity index is 1.07. The minimum atomic E-state index is -1.29. The van der Waals surface area contributed by atoms with Crippen molar-refractivity contribution in [2.24, 2.45) is 5.73 Å². The molecule has 20 nitrogen and oxygen atoms in total. The first-order valence-electron chi connectivity index (χ1n) is 20.4. The smallest absolute Gasteiger partial charge is 0.321 e. The summed E-state index contributed by atoms with van der Waals surface area (Å²) in [5.41, 5.74) is 15.2. The van der Waals surface area contributed by atoms with Gasteiger partial charge in [0.1, 0.15) is 22.6 Å². The molecule has 61 heavy (non-hydrogen) atoms. The summed E-state index contributed by atoms with van der Waals surface area (Å²) in [6, 6.07) is 6.98. The molecule has 1 aliphatic heterocycles. The normalized spacial score (nSPS) is 14.0. The van der Waals surface area contributed by atoms with Crippen LogP contribution in [-0.2, 0) is 46.5 Å². The highest BCUT2D eigenvalue weighted by Gasteiger charge is 2.25. The fourth-order valence-electron chi connectivity index (χ4n) is 6.47. The van der Waals surface area contributed by atoms with Crippen molar-refractivity contribution in [1.82, 2.24) is 35.0 Å². The number of aliphatic carboxylic acids is 2. The number of carboxylic acid groups (broad SMARTS) is 2. The second-order valence-electron chi connectivity index (χ2n) is 14.5. The van der Waals surface area contributed by atoms with Gasteiger partial charge in [-0.1, -0.05) is 31.9 Å². The minimum Gasteiger partial charge on any atom is -0.496 e. The molecule has 1 fully saturated rings. The Labute approximate surface area is 359 Å². The first-order valence-corrected chi connectivity index (χ1v) is 21.5. The van der Waals surface area contributed by atoms with Crippen molar-refractivity contribution in [3.8, 4) is 5.75 Å². The Morgan fingerprint density at radius 2 is 1.66 bits per heavy atom. The molecule has 0 aliphatic carbocycles. The van der Waals surface area contributed by atoms with E-state index < -0.39 is 41.5 Å². The third-order valence-electron chi connectivity index (χ3n) is 9.81. The molecule has 9 N–H and O–H groups in total. The first kappa shape index (κ1) is 48.4. The zero-order valence-corrected chi connectivity index (χ0v) is 35.8. The van der Waals surface area contributed by atoms with Gasteiger partial charge in [-0.15, -0.1) is 11.8 Å². The van der Waals surface area contributed by atoms with Crippen LogP contribution >= 0.6 is 11.8 Å². The van der Waals surface area contributed by atoms with Crippen LogP contribution in [0.15, 0.2) is 30.5 Å². The predicted molar refractivity (Wildman–Crippen MR) is 230 cm³/mol. The number of benzene rings is 1. The number of ether oxygens (including phenoxy) is 3. The van der Waals surface area contributed by atoms with Gasteiger partial charge in [0.25, 0.3) is 0 Å². The lowest BCUT2D eigenvalue weighted by Crippen LogP contribution is -2.48. The predicted octanol–water partition coefficient (Wildman–Crippen LogP) is 0.961. The number of anilines is 2. The molecule has 0 bridgehead atoms. The number of nitrogen functional groups attached to an aromatic ring is 1. The number of carboxylic acids is 2. The molecular weight excluding hydrogens is 813 g/mol. The van der Waals surface area contributed by atoms with Gasteiger partial charge in [0.05, 0.1) is 58.6 Å². The number of carbonyl (C=O) groups excluding carboxylic acids is 3. The van der Waals surface area contributed by atoms with Gasteiger partial charge >= 0.3 is 11.9 Å². The van der Waals surface area contributed by atoms with Gasteiger partial charge in [-0.05, 0) is 24.1 Å². The molecule has 2 atom stereocenters. The summed E-state index contributed by atoms with van der Waals surface area (Å²) in [4.78, 5) is 72.3. The number of aromatic nitrogens is 3. The number of nitrogens with two attached hydrogens (primary N) is 2. The van der Waals surface area contributed by atoms with E-state index in [4.69, 9.17) is 30.8 Å². The molecule has 3 amide bonds. The van der Waals surface area contributed by atoms with Gasteiger partial charge < -0.3 is 61.3 Å². The van der Waals surface area contributed by atoms with Crippen LogP contribution in [0.3, 0.4) is 0 Å². The van der Waals surface area contributed by atoms with Crippen molar-refractivity contribution in [1.29, 1.82) is 0 Å². The Kier molecular flexibility index (Phi) is 20.3. The second kappa shape index (κ2) is 25.5. The number of hydrogen-bond acceptors (Lipinski definition) is 15. The Bertz CT molecular complexity index is 1910. The van der Waals surface area contributed by atoms with Gasteiger partial charge in [0.15, 0.2) is 5.82 Å². The highest BCUT2D eigenvalue weighted by molar-refractivity contribution is 8.00. The SMILES string of the molecule is CCCCCNc1nc(N)nc2ccn(Cc3ccc(CN4CCN(C(=O)CCOCCOCCNC(=O)CNC(=O)CC(SC[C@H](N)C(=O)O)C(=O)O)CC4)cc3OC)c12. The molecular formula is C40H60N10O10S. The van der Waals surface area contributed by atoms with E-state index in [1.54, 1.807) is 7.11 Å². The molecule has 0 radical (unpaired) electrons. The summed E-state index contributed by atoms with van der Waals surface area (Å²) < 4.78 is 19.0. The average molecular weight is 873 g/mol. The minimum absolute atomic E-state index is 0.0333. The maximum absolute atomic E-state index is 12.8. The molecule has 21 heteroatoms. The molecule has 3 aromatic rings. The second-order valence-corrected chi connectivity index (χ2v) is 15.7. The Hall–Kier alpha value is -5.22. The summed E-state index contributed by atoms with van der Waals surface area (Å²) in [7, 11) is 1.68. The number of nitrogens with one attached hydrogen (secondary N) is 3. The number of unbranched alkanes of at least 4 members (excludes halogenated alkanes) is 2. The van der Waals surface area contributed by atoms with Crippen LogP contribution in [0.4, 0.5) is 11.8 Å². The van der Waals surface area contributed by atoms with E-state index in [2.05, 4.69) is 60.5 Å². The van der Waals surface area contributed by atoms with E-state index in [1.807, 2.05) is 17.2 Å². The maximum Gasteiger partial charge on any atom is 0.321 e. The summed E-state index contributed by atoms with van der Waals surface area (Å²) >= 11 is 0.744. The molecule has 0 saturated carbocycles. The number of nitrogens with zero attached hydrogens (tertiary/aromatic N) is 5. The van der Waals surface area contributed by atoms with Crippen LogP contribution in [0.5, 0.6) is 5.75 Å². The lowest BCUT2D eigenvalue weighted by molar-refractivity contribution is -0.139. The van der Waals surface area contributed by atoms with Crippen LogP contribution in [0, 0.1) is 0 Å². The van der Waals surface area contributed by atoms with E-state index in [9.17, 15) is 29.1 Å². The highest BCUT2D eigenvalue weighted by atomic mass is 32.2. The number of methoxy groups -OCH3 is 1. The number of piperazine rings is 1. The molecule has 3 heterocycles. The number of thioether (sulfide) groups is 1. The number of carbonyl (C=O) groups is 5. The zero-order valence-electron chi connectivity index (χ0n) is 34.9. The van der Waals surface area contributed by atoms with Crippen LogP contribution in [0.2, 0.25) is 0 Å². The molecule has 2 aromatic heterocycles. The van der Waals surface area contributed by atoms with Crippen molar-refractivity contribution in [2.45, 2.75) is 63.4 Å². The summed E-state index contributed by atoms with van der Waals surface area (Å²) in [5.74, 6) is -2.11. The van der Waals surface area contributed by atoms with Gasteiger partial charge in [-0.2, -0.15) is 4.98 Å². The number of fused-ring (bicyclic) bond motifs is 1. The molecule has 1 unspecified atom stereocenters. The third-order valence-corrected chi connectivity index (χ3v) is 11.1. The molecule has 1 aromatic carbocycles. The highest BCUT2D eigenvalue weighted by Crippen LogP contribution is 2.28. The number of amides is 3. The first-order chi connectivity index (χ1) is 29.4. The maximum atomic E-state index is 12.8. The van der Waals surface area contributed by atoms with Crippen molar-refractivity contribution < 1.29 is 48.4 Å². The number of rotatable bonds is 28. The van der Waals surface area contributed by atoms with E-state index in [0.29, 0.717) is 19.6 Å². The van der Waals surface area contributed by atoms with Crippen molar-refractivity contribution in [3.63, 3.8) is 0 Å². The summed E-state index contributed by atoms with van der Waals surface area (Å²) in [5, 5.41) is 25.3. The van der Waals surface area contributed by atoms with Crippen LogP contribution in [-0.4, -0.2) is 161 Å². The van der Waals surface area contributed by atoms with Gasteiger partial charge in [0.2, 0.25) is 23.7 Å². The fourth-order valence-corrected chi connectivity index (χ4v) is 7.46. The average Bonchev–Trinajstić information content (AvgIpc) is 3.64. The molecule has 0 spiro atoms. The fraction of sp³-hybridized carbons (Fsp3) is 0.575. The summed E-state index contributed by atoms with van der Waals surface area (Å²) in [6.07, 6.45) is 5.12. The van der Waals surface area contributed by atoms with Gasteiger partial charge in [-0.25, -0.2) is 4.98 Å². The summed E-state index contributed by atoms with van der Waals surface area (Å²) in [6.45, 7) is 7.83. The molecule has 1 aliphatic rings. The molecule has 336 valence electrons. The molecule has 1 saturated heterocycles. The molecule has 4 rings (SSSR count). The lowest BCUT2D eigenvalue weighted by atomic mass is 10.1. The number of hydrogen-bond donors (Lipinski definition) is 7. The standard InChI is InChI=1S/C40H60N10O10S/c1-3-4-5-10-44-37-36-30(46-40(42)47-37)8-12-50(36)25-28-7-6-27(21-31(28)58-2)24-48-13-15-49(16-14-48)35(53)9-17-59-19-20-60-18-11-43-34(52)23-45-33(51)22-32(39(56)57)61-26-29(41)38(54)55/h6-8,12,21,29,32H,3-5,9-11,13-20,22-26,41H2,1-2H3,(H,43,52)(H,45,51)(H,54,55)(H,56,57)(H3,42,44,46,47)/t29-,32?/m0/s1. The quantitative estimate of drug-likeness (QED) is 0.0501. The topological polar surface area (TPSA) is 279 Å². The van der Waals surface area contributed by atoms with Crippen LogP contribution in [0.25, 0.3) is 11.0 Å². The monoisotopic (exact) mass is 872 g/mol.